The molecule has 0 unspecified atom stereocenters. The number of hydrogen-bond donors (Lipinski definition) is 0. The van der Waals surface area contributed by atoms with E-state index in [9.17, 15) is 18.0 Å². The highest BCUT2D eigenvalue weighted by atomic mass is 19.4. The Morgan fingerprint density at radius 3 is 2.43 bits per heavy atom. The van der Waals surface area contributed by atoms with E-state index in [1.165, 1.54) is 0 Å². The van der Waals surface area contributed by atoms with Crippen LogP contribution in [0.4, 0.5) is 13.2 Å². The van der Waals surface area contributed by atoms with E-state index >= 15 is 0 Å². The van der Waals surface area contributed by atoms with Crippen LogP contribution in [-0.4, -0.2) is 16.9 Å². The summed E-state index contributed by atoms with van der Waals surface area (Å²) in [6, 6.07) is 6.76. The normalized spacial score (nSPS) is 15.9. The topological polar surface area (TPSA) is 30.0 Å². The molecule has 1 aromatic heterocycles. The zero-order valence-corrected chi connectivity index (χ0v) is 11.3. The lowest BCUT2D eigenvalue weighted by Gasteiger charge is -2.14. The zero-order valence-electron chi connectivity index (χ0n) is 11.3. The van der Waals surface area contributed by atoms with Crippen LogP contribution in [0.3, 0.4) is 0 Å². The summed E-state index contributed by atoms with van der Waals surface area (Å²) in [6.07, 6.45) is -2.81. The SMILES string of the molecule is O=C1CCCCc2nc(CC(F)(F)F)c3ccccc3c21. The molecule has 0 bridgehead atoms. The molecule has 0 fully saturated rings. The first-order chi connectivity index (χ1) is 9.96. The largest absolute Gasteiger partial charge is 0.394 e. The molecule has 0 saturated heterocycles. The molecule has 3 rings (SSSR count). The number of carbonyl (C=O) groups is 1. The summed E-state index contributed by atoms with van der Waals surface area (Å²) < 4.78 is 38.3. The Kier molecular flexibility index (Phi) is 3.43. The van der Waals surface area contributed by atoms with E-state index in [2.05, 4.69) is 4.98 Å². The average molecular weight is 293 g/mol. The maximum Gasteiger partial charge on any atom is 0.394 e. The number of halogens is 3. The molecule has 1 heterocycles. The molecule has 0 amide bonds. The molecule has 2 nitrogen and oxygen atoms in total. The van der Waals surface area contributed by atoms with Gasteiger partial charge in [-0.15, -0.1) is 0 Å². The van der Waals surface area contributed by atoms with Gasteiger partial charge in [0.05, 0.1) is 17.8 Å². The second-order valence-corrected chi connectivity index (χ2v) is 5.35. The Morgan fingerprint density at radius 2 is 1.71 bits per heavy atom. The third-order valence-electron chi connectivity index (χ3n) is 3.78. The third-order valence-corrected chi connectivity index (χ3v) is 3.78. The van der Waals surface area contributed by atoms with Crippen molar-refractivity contribution >= 4 is 16.6 Å². The number of ketones is 1. The van der Waals surface area contributed by atoms with Crippen molar-refractivity contribution in [2.45, 2.75) is 38.3 Å². The number of carbonyl (C=O) groups excluding carboxylic acids is 1. The Balaban J connectivity index is 2.27. The van der Waals surface area contributed by atoms with Crippen molar-refractivity contribution in [3.8, 4) is 0 Å². The Bertz CT molecular complexity index is 706. The molecule has 0 saturated carbocycles. The van der Waals surface area contributed by atoms with Gasteiger partial charge in [-0.3, -0.25) is 9.78 Å². The first-order valence-corrected chi connectivity index (χ1v) is 6.96. The summed E-state index contributed by atoms with van der Waals surface area (Å²) >= 11 is 0. The Labute approximate surface area is 120 Å². The molecule has 0 atom stereocenters. The van der Waals surface area contributed by atoms with Gasteiger partial charge in [-0.05, 0) is 24.6 Å². The predicted molar refractivity (Wildman–Crippen MR) is 73.4 cm³/mol. The van der Waals surface area contributed by atoms with Crippen LogP contribution < -0.4 is 0 Å². The van der Waals surface area contributed by atoms with Gasteiger partial charge in [0.1, 0.15) is 0 Å². The molecule has 1 aliphatic rings. The highest BCUT2D eigenvalue weighted by molar-refractivity contribution is 6.09. The molecule has 21 heavy (non-hydrogen) atoms. The molecule has 0 radical (unpaired) electrons. The molecule has 2 aromatic rings. The van der Waals surface area contributed by atoms with Gasteiger partial charge in [0.2, 0.25) is 0 Å². The number of hydrogen-bond acceptors (Lipinski definition) is 2. The summed E-state index contributed by atoms with van der Waals surface area (Å²) in [5, 5.41) is 1.04. The van der Waals surface area contributed by atoms with Gasteiger partial charge < -0.3 is 0 Å². The number of fused-ring (bicyclic) bond motifs is 3. The number of aromatic nitrogens is 1. The number of benzene rings is 1. The molecule has 5 heteroatoms. The van der Waals surface area contributed by atoms with Crippen LogP contribution in [-0.2, 0) is 12.8 Å². The second kappa shape index (κ2) is 5.13. The highest BCUT2D eigenvalue weighted by Gasteiger charge is 2.31. The average Bonchev–Trinajstić information content (AvgIpc) is 2.59. The predicted octanol–water partition coefficient (Wildman–Crippen LogP) is 4.25. The van der Waals surface area contributed by atoms with Crippen LogP contribution in [0.25, 0.3) is 10.8 Å². The first kappa shape index (κ1) is 14.0. The van der Waals surface area contributed by atoms with E-state index in [-0.39, 0.29) is 11.5 Å². The number of aryl methyl sites for hydroxylation is 1. The fraction of sp³-hybridized carbons (Fsp3) is 0.375. The number of alkyl halides is 3. The minimum atomic E-state index is -4.31. The quantitative estimate of drug-likeness (QED) is 0.736. The maximum absolute atomic E-state index is 12.8. The minimum Gasteiger partial charge on any atom is -0.294 e. The number of pyridine rings is 1. The van der Waals surface area contributed by atoms with Gasteiger partial charge >= 0.3 is 6.18 Å². The van der Waals surface area contributed by atoms with Gasteiger partial charge in [-0.25, -0.2) is 0 Å². The smallest absolute Gasteiger partial charge is 0.294 e. The van der Waals surface area contributed by atoms with Crippen molar-refractivity contribution in [3.63, 3.8) is 0 Å². The molecular weight excluding hydrogens is 279 g/mol. The molecule has 1 aliphatic carbocycles. The lowest BCUT2D eigenvalue weighted by Crippen LogP contribution is -2.15. The van der Waals surface area contributed by atoms with Crippen molar-refractivity contribution in [2.75, 3.05) is 0 Å². The van der Waals surface area contributed by atoms with E-state index in [4.69, 9.17) is 0 Å². The number of Topliss-reactive ketones (excluding diaryl/α,β-unsaturated/α-hetero) is 1. The molecule has 0 spiro atoms. The van der Waals surface area contributed by atoms with Crippen molar-refractivity contribution in [1.29, 1.82) is 0 Å². The maximum atomic E-state index is 12.8. The monoisotopic (exact) mass is 293 g/mol. The van der Waals surface area contributed by atoms with Crippen LogP contribution in [0.1, 0.15) is 41.0 Å². The van der Waals surface area contributed by atoms with Crippen LogP contribution >= 0.6 is 0 Å². The van der Waals surface area contributed by atoms with E-state index in [0.29, 0.717) is 34.9 Å². The standard InChI is InChI=1S/C16H14F3NO/c17-16(18,19)9-13-10-5-1-2-6-11(10)15-12(20-13)7-3-4-8-14(15)21/h1-2,5-6H,3-4,7-9H2. The van der Waals surface area contributed by atoms with Crippen LogP contribution in [0, 0.1) is 0 Å². The summed E-state index contributed by atoms with van der Waals surface area (Å²) in [5.74, 6) is -0.00948. The molecule has 0 N–H and O–H groups in total. The van der Waals surface area contributed by atoms with Crippen molar-refractivity contribution in [2.24, 2.45) is 0 Å². The third kappa shape index (κ3) is 2.77. The van der Waals surface area contributed by atoms with Crippen LogP contribution in [0.15, 0.2) is 24.3 Å². The van der Waals surface area contributed by atoms with E-state index < -0.39 is 12.6 Å². The van der Waals surface area contributed by atoms with Crippen LogP contribution in [0.2, 0.25) is 0 Å². The van der Waals surface area contributed by atoms with Crippen molar-refractivity contribution < 1.29 is 18.0 Å². The fourth-order valence-corrected chi connectivity index (χ4v) is 2.91. The van der Waals surface area contributed by atoms with Crippen molar-refractivity contribution in [3.05, 3.63) is 41.2 Å². The summed E-state index contributed by atoms with van der Waals surface area (Å²) in [7, 11) is 0. The molecule has 1 aromatic carbocycles. The Hall–Kier alpha value is -1.91. The molecule has 110 valence electrons. The second-order valence-electron chi connectivity index (χ2n) is 5.35. The van der Waals surface area contributed by atoms with E-state index in [1.807, 2.05) is 0 Å². The van der Waals surface area contributed by atoms with Gasteiger partial charge in [0.15, 0.2) is 5.78 Å². The van der Waals surface area contributed by atoms with Crippen LogP contribution in [0.5, 0.6) is 0 Å². The number of rotatable bonds is 1. The minimum absolute atomic E-state index is 0.00948. The Morgan fingerprint density at radius 1 is 1.05 bits per heavy atom. The fourth-order valence-electron chi connectivity index (χ4n) is 2.91. The first-order valence-electron chi connectivity index (χ1n) is 6.96. The van der Waals surface area contributed by atoms with Gasteiger partial charge in [0.25, 0.3) is 0 Å². The summed E-state index contributed by atoms with van der Waals surface area (Å²) in [4.78, 5) is 16.5. The lowest BCUT2D eigenvalue weighted by molar-refractivity contribution is -0.127. The van der Waals surface area contributed by atoms with Gasteiger partial charge in [0, 0.05) is 17.4 Å². The summed E-state index contributed by atoms with van der Waals surface area (Å²) in [5.41, 5.74) is 1.07. The van der Waals surface area contributed by atoms with Gasteiger partial charge in [-0.1, -0.05) is 24.3 Å². The number of nitrogens with zero attached hydrogens (tertiary/aromatic N) is 1. The highest BCUT2D eigenvalue weighted by Crippen LogP contribution is 2.31. The van der Waals surface area contributed by atoms with Gasteiger partial charge in [-0.2, -0.15) is 13.2 Å². The molecule has 0 aliphatic heterocycles. The molecular formula is C16H14F3NO. The lowest BCUT2D eigenvalue weighted by atomic mass is 9.97. The van der Waals surface area contributed by atoms with Crippen molar-refractivity contribution in [1.82, 2.24) is 4.98 Å². The van der Waals surface area contributed by atoms with E-state index in [0.717, 1.165) is 12.8 Å². The summed E-state index contributed by atoms with van der Waals surface area (Å²) in [6.45, 7) is 0. The van der Waals surface area contributed by atoms with E-state index in [1.54, 1.807) is 24.3 Å². The zero-order chi connectivity index (χ0) is 15.0.